The molecular formula is C25H28N2O. The molecule has 0 bridgehead atoms. The summed E-state index contributed by atoms with van der Waals surface area (Å²) in [5, 5.41) is 4.22. The van der Waals surface area contributed by atoms with Crippen molar-refractivity contribution in [1.82, 2.24) is 10.3 Å². The fourth-order valence-electron chi connectivity index (χ4n) is 4.10. The summed E-state index contributed by atoms with van der Waals surface area (Å²) < 4.78 is 0. The number of para-hydroxylation sites is 1. The highest BCUT2D eigenvalue weighted by molar-refractivity contribution is 6.07. The lowest BCUT2D eigenvalue weighted by molar-refractivity contribution is 0.0935. The van der Waals surface area contributed by atoms with Gasteiger partial charge in [-0.05, 0) is 56.0 Å². The molecule has 3 heteroatoms. The molecule has 0 unspecified atom stereocenters. The third-order valence-electron chi connectivity index (χ3n) is 5.95. The van der Waals surface area contributed by atoms with Gasteiger partial charge >= 0.3 is 0 Å². The number of hydrogen-bond acceptors (Lipinski definition) is 2. The van der Waals surface area contributed by atoms with Crippen molar-refractivity contribution in [3.63, 3.8) is 0 Å². The number of nitrogens with one attached hydrogen (secondary N) is 1. The first-order chi connectivity index (χ1) is 13.6. The first kappa shape index (κ1) is 18.7. The quantitative estimate of drug-likeness (QED) is 0.575. The molecule has 4 rings (SSSR count). The van der Waals surface area contributed by atoms with Gasteiger partial charge in [-0.1, -0.05) is 56.0 Å². The van der Waals surface area contributed by atoms with Crippen LogP contribution in [0.1, 0.15) is 60.0 Å². The van der Waals surface area contributed by atoms with Crippen LogP contribution in [-0.4, -0.2) is 16.9 Å². The molecule has 1 aliphatic rings. The monoisotopic (exact) mass is 372 g/mol. The van der Waals surface area contributed by atoms with Gasteiger partial charge in [0.1, 0.15) is 0 Å². The first-order valence-corrected chi connectivity index (χ1v) is 10.4. The first-order valence-electron chi connectivity index (χ1n) is 10.4. The third-order valence-corrected chi connectivity index (χ3v) is 5.95. The Morgan fingerprint density at radius 1 is 0.929 bits per heavy atom. The van der Waals surface area contributed by atoms with E-state index in [0.717, 1.165) is 40.6 Å². The molecule has 1 saturated carbocycles. The van der Waals surface area contributed by atoms with Crippen LogP contribution in [0.15, 0.2) is 48.5 Å². The summed E-state index contributed by atoms with van der Waals surface area (Å²) in [5.41, 5.74) is 5.99. The summed E-state index contributed by atoms with van der Waals surface area (Å²) in [4.78, 5) is 18.0. The molecule has 0 spiro atoms. The van der Waals surface area contributed by atoms with E-state index in [1.165, 1.54) is 36.8 Å². The minimum Gasteiger partial charge on any atom is -0.349 e. The summed E-state index contributed by atoms with van der Waals surface area (Å²) in [5.74, 6) is 0.0237. The average Bonchev–Trinajstić information content (AvgIpc) is 2.98. The van der Waals surface area contributed by atoms with Crippen molar-refractivity contribution in [2.45, 2.75) is 58.4 Å². The van der Waals surface area contributed by atoms with E-state index in [4.69, 9.17) is 4.98 Å². The summed E-state index contributed by atoms with van der Waals surface area (Å²) in [7, 11) is 0. The number of nitrogens with zero attached hydrogens (tertiary/aromatic N) is 1. The van der Waals surface area contributed by atoms with Crippen molar-refractivity contribution >= 4 is 16.8 Å². The van der Waals surface area contributed by atoms with Crippen LogP contribution in [0.4, 0.5) is 0 Å². The second-order valence-electron chi connectivity index (χ2n) is 8.03. The number of pyridine rings is 1. The molecule has 1 fully saturated rings. The van der Waals surface area contributed by atoms with E-state index in [-0.39, 0.29) is 11.9 Å². The number of fused-ring (bicyclic) bond motifs is 1. The van der Waals surface area contributed by atoms with Gasteiger partial charge in [0.2, 0.25) is 0 Å². The number of carbonyl (C=O) groups is 1. The van der Waals surface area contributed by atoms with Gasteiger partial charge in [0.25, 0.3) is 5.91 Å². The Labute approximate surface area is 167 Å². The fraction of sp³-hybridized carbons (Fsp3) is 0.360. The highest BCUT2D eigenvalue weighted by Gasteiger charge is 2.19. The maximum absolute atomic E-state index is 13.2. The van der Waals surface area contributed by atoms with E-state index in [0.29, 0.717) is 0 Å². The van der Waals surface area contributed by atoms with Crippen LogP contribution in [-0.2, 0) is 0 Å². The summed E-state index contributed by atoms with van der Waals surface area (Å²) in [6.07, 6.45) is 7.13. The summed E-state index contributed by atoms with van der Waals surface area (Å²) in [6, 6.07) is 16.5. The molecule has 144 valence electrons. The Hall–Kier alpha value is -2.68. The number of benzene rings is 2. The van der Waals surface area contributed by atoms with Crippen LogP contribution in [0.2, 0.25) is 0 Å². The van der Waals surface area contributed by atoms with E-state index in [2.05, 4.69) is 37.4 Å². The molecule has 0 saturated heterocycles. The predicted octanol–water partition coefficient (Wildman–Crippen LogP) is 5.97. The lowest BCUT2D eigenvalue weighted by Gasteiger charge is -2.17. The van der Waals surface area contributed by atoms with Gasteiger partial charge in [0.05, 0.1) is 16.8 Å². The fourth-order valence-corrected chi connectivity index (χ4v) is 4.10. The Balaban J connectivity index is 1.73. The van der Waals surface area contributed by atoms with Gasteiger partial charge in [0.15, 0.2) is 0 Å². The molecule has 1 aromatic heterocycles. The lowest BCUT2D eigenvalue weighted by Crippen LogP contribution is -2.34. The van der Waals surface area contributed by atoms with E-state index < -0.39 is 0 Å². The second-order valence-corrected chi connectivity index (χ2v) is 8.03. The number of rotatable bonds is 3. The lowest BCUT2D eigenvalue weighted by atomic mass is 10.00. The highest BCUT2D eigenvalue weighted by Crippen LogP contribution is 2.27. The molecule has 0 radical (unpaired) electrons. The van der Waals surface area contributed by atoms with Crippen molar-refractivity contribution in [1.29, 1.82) is 0 Å². The predicted molar refractivity (Wildman–Crippen MR) is 116 cm³/mol. The molecular weight excluding hydrogens is 344 g/mol. The zero-order chi connectivity index (χ0) is 19.5. The van der Waals surface area contributed by atoms with Crippen molar-refractivity contribution in [2.75, 3.05) is 0 Å². The topological polar surface area (TPSA) is 42.0 Å². The number of carbonyl (C=O) groups excluding carboxylic acids is 1. The maximum atomic E-state index is 13.2. The second kappa shape index (κ2) is 8.14. The largest absolute Gasteiger partial charge is 0.349 e. The van der Waals surface area contributed by atoms with Gasteiger partial charge in [-0.3, -0.25) is 4.79 Å². The van der Waals surface area contributed by atoms with Gasteiger partial charge in [-0.2, -0.15) is 0 Å². The van der Waals surface area contributed by atoms with E-state index in [1.54, 1.807) is 0 Å². The average molecular weight is 373 g/mol. The minimum absolute atomic E-state index is 0.0237. The number of amides is 1. The molecule has 0 aliphatic heterocycles. The Kier molecular flexibility index (Phi) is 5.43. The Bertz CT molecular complexity index is 1000. The summed E-state index contributed by atoms with van der Waals surface area (Å²) in [6.45, 7) is 4.22. The van der Waals surface area contributed by atoms with Crippen molar-refractivity contribution in [2.24, 2.45) is 0 Å². The molecule has 0 atom stereocenters. The van der Waals surface area contributed by atoms with E-state index in [9.17, 15) is 4.79 Å². The molecule has 1 heterocycles. The zero-order valence-corrected chi connectivity index (χ0v) is 16.8. The van der Waals surface area contributed by atoms with Gasteiger partial charge in [-0.25, -0.2) is 4.98 Å². The van der Waals surface area contributed by atoms with E-state index in [1.807, 2.05) is 30.3 Å². The SMILES string of the molecule is Cc1ccc(-c2cc(C(=O)NC3CCCCCC3)c3ccccc3n2)cc1C. The van der Waals surface area contributed by atoms with Crippen LogP contribution >= 0.6 is 0 Å². The normalized spacial score (nSPS) is 15.4. The third kappa shape index (κ3) is 3.94. The highest BCUT2D eigenvalue weighted by atomic mass is 16.1. The Morgan fingerprint density at radius 3 is 2.43 bits per heavy atom. The van der Waals surface area contributed by atoms with Crippen molar-refractivity contribution < 1.29 is 4.79 Å². The molecule has 2 aromatic carbocycles. The molecule has 1 aliphatic carbocycles. The van der Waals surface area contributed by atoms with Crippen molar-refractivity contribution in [3.8, 4) is 11.3 Å². The molecule has 1 amide bonds. The van der Waals surface area contributed by atoms with Gasteiger partial charge in [-0.15, -0.1) is 0 Å². The van der Waals surface area contributed by atoms with Gasteiger partial charge < -0.3 is 5.32 Å². The zero-order valence-electron chi connectivity index (χ0n) is 16.8. The molecule has 3 nitrogen and oxygen atoms in total. The molecule has 1 N–H and O–H groups in total. The van der Waals surface area contributed by atoms with Gasteiger partial charge in [0, 0.05) is 17.0 Å². The molecule has 28 heavy (non-hydrogen) atoms. The van der Waals surface area contributed by atoms with Crippen LogP contribution in [0.25, 0.3) is 22.2 Å². The minimum atomic E-state index is 0.0237. The Morgan fingerprint density at radius 2 is 1.68 bits per heavy atom. The maximum Gasteiger partial charge on any atom is 0.252 e. The number of hydrogen-bond donors (Lipinski definition) is 1. The number of aryl methyl sites for hydroxylation is 2. The smallest absolute Gasteiger partial charge is 0.252 e. The number of aromatic nitrogens is 1. The standard InChI is InChI=1S/C25H28N2O/c1-17-13-14-19(15-18(17)2)24-16-22(21-11-7-8-12-23(21)27-24)25(28)26-20-9-5-3-4-6-10-20/h7-8,11-16,20H,3-6,9-10H2,1-2H3,(H,26,28). The van der Waals surface area contributed by atoms with Crippen LogP contribution in [0.3, 0.4) is 0 Å². The summed E-state index contributed by atoms with van der Waals surface area (Å²) >= 11 is 0. The van der Waals surface area contributed by atoms with Crippen LogP contribution in [0.5, 0.6) is 0 Å². The van der Waals surface area contributed by atoms with Crippen LogP contribution in [0, 0.1) is 13.8 Å². The van der Waals surface area contributed by atoms with E-state index >= 15 is 0 Å². The van der Waals surface area contributed by atoms with Crippen LogP contribution < -0.4 is 5.32 Å². The van der Waals surface area contributed by atoms with Crippen molar-refractivity contribution in [3.05, 3.63) is 65.2 Å². The molecule has 3 aromatic rings.